The molecule has 0 bridgehead atoms. The van der Waals surface area contributed by atoms with Crippen molar-refractivity contribution in [3.05, 3.63) is 35.6 Å². The van der Waals surface area contributed by atoms with E-state index in [-0.39, 0.29) is 30.6 Å². The van der Waals surface area contributed by atoms with Crippen molar-refractivity contribution in [1.29, 1.82) is 0 Å². The maximum atomic E-state index is 13.0. The number of aliphatic hydroxyl groups excluding tert-OH is 1. The first-order chi connectivity index (χ1) is 10.2. The van der Waals surface area contributed by atoms with Crippen molar-refractivity contribution in [1.82, 2.24) is 10.6 Å². The van der Waals surface area contributed by atoms with E-state index < -0.39 is 0 Å². The lowest BCUT2D eigenvalue weighted by Gasteiger charge is -2.25. The molecular weight excluding hydrogens is 275 g/mol. The van der Waals surface area contributed by atoms with Crippen LogP contribution in [0.25, 0.3) is 0 Å². The van der Waals surface area contributed by atoms with Crippen molar-refractivity contribution in [2.75, 3.05) is 19.8 Å². The highest BCUT2D eigenvalue weighted by Gasteiger charge is 2.28. The first-order valence-corrected chi connectivity index (χ1v) is 7.23. The van der Waals surface area contributed by atoms with E-state index >= 15 is 0 Å². The minimum Gasteiger partial charge on any atom is -0.396 e. The zero-order valence-electron chi connectivity index (χ0n) is 11.8. The highest BCUT2D eigenvalue weighted by molar-refractivity contribution is 5.74. The third-order valence-electron chi connectivity index (χ3n) is 3.47. The number of urea groups is 1. The SMILES string of the molecule is O=C(NCCCO)N[C@@H](c1ccc(F)cc1)[C@@H]1CCCO1. The average Bonchev–Trinajstić information content (AvgIpc) is 3.00. The van der Waals surface area contributed by atoms with E-state index in [2.05, 4.69) is 10.6 Å². The third kappa shape index (κ3) is 4.68. The zero-order valence-corrected chi connectivity index (χ0v) is 11.8. The van der Waals surface area contributed by atoms with E-state index in [1.807, 2.05) is 0 Å². The molecule has 1 fully saturated rings. The summed E-state index contributed by atoms with van der Waals surface area (Å²) in [6, 6.07) is 5.46. The second-order valence-corrected chi connectivity index (χ2v) is 5.06. The van der Waals surface area contributed by atoms with Gasteiger partial charge in [-0.2, -0.15) is 0 Å². The lowest BCUT2D eigenvalue weighted by Crippen LogP contribution is -2.42. The molecule has 0 radical (unpaired) electrons. The maximum absolute atomic E-state index is 13.0. The van der Waals surface area contributed by atoms with Gasteiger partial charge in [-0.1, -0.05) is 12.1 Å². The fourth-order valence-electron chi connectivity index (χ4n) is 2.40. The summed E-state index contributed by atoms with van der Waals surface area (Å²) in [6.45, 7) is 1.12. The average molecular weight is 296 g/mol. The standard InChI is InChI=1S/C15H21FN2O3/c16-12-6-4-11(5-7-12)14(13-3-1-10-21-13)18-15(20)17-8-2-9-19/h4-7,13-14,19H,1-3,8-10H2,(H2,17,18,20)/t13-,14-/m0/s1. The number of ether oxygens (including phenoxy) is 1. The van der Waals surface area contributed by atoms with Gasteiger partial charge in [0, 0.05) is 19.8 Å². The molecule has 0 unspecified atom stereocenters. The van der Waals surface area contributed by atoms with Gasteiger partial charge in [0.05, 0.1) is 12.1 Å². The number of benzene rings is 1. The Kier molecular flexibility index (Phi) is 5.95. The molecule has 5 nitrogen and oxygen atoms in total. The molecule has 1 saturated heterocycles. The van der Waals surface area contributed by atoms with E-state index in [0.717, 1.165) is 18.4 Å². The summed E-state index contributed by atoms with van der Waals surface area (Å²) in [5.41, 5.74) is 0.820. The number of nitrogens with one attached hydrogen (secondary N) is 2. The van der Waals surface area contributed by atoms with E-state index in [1.165, 1.54) is 12.1 Å². The summed E-state index contributed by atoms with van der Waals surface area (Å²) in [7, 11) is 0. The third-order valence-corrected chi connectivity index (χ3v) is 3.47. The van der Waals surface area contributed by atoms with Crippen LogP contribution in [0.5, 0.6) is 0 Å². The first kappa shape index (κ1) is 15.7. The van der Waals surface area contributed by atoms with Crippen molar-refractivity contribution in [3.8, 4) is 0 Å². The van der Waals surface area contributed by atoms with Gasteiger partial charge in [-0.25, -0.2) is 9.18 Å². The predicted molar refractivity (Wildman–Crippen MR) is 76.4 cm³/mol. The molecule has 0 aromatic heterocycles. The minimum absolute atomic E-state index is 0.0351. The predicted octanol–water partition coefficient (Wildman–Crippen LogP) is 1.73. The molecule has 1 aromatic carbocycles. The molecule has 1 aromatic rings. The Balaban J connectivity index is 2.01. The van der Waals surface area contributed by atoms with Crippen molar-refractivity contribution >= 4 is 6.03 Å². The van der Waals surface area contributed by atoms with Crippen LogP contribution in [0.1, 0.15) is 30.9 Å². The van der Waals surface area contributed by atoms with E-state index in [9.17, 15) is 9.18 Å². The summed E-state index contributed by atoms with van der Waals surface area (Å²) >= 11 is 0. The molecule has 0 aliphatic carbocycles. The van der Waals surface area contributed by atoms with E-state index in [0.29, 0.717) is 19.6 Å². The van der Waals surface area contributed by atoms with Crippen molar-refractivity contribution < 1.29 is 19.0 Å². The molecular formula is C15H21FN2O3. The minimum atomic E-state index is -0.312. The number of aliphatic hydroxyl groups is 1. The molecule has 0 spiro atoms. The lowest BCUT2D eigenvalue weighted by atomic mass is 9.99. The van der Waals surface area contributed by atoms with Crippen LogP contribution in [0.2, 0.25) is 0 Å². The second-order valence-electron chi connectivity index (χ2n) is 5.06. The molecule has 0 saturated carbocycles. The van der Waals surface area contributed by atoms with Gasteiger partial charge in [0.15, 0.2) is 0 Å². The van der Waals surface area contributed by atoms with Gasteiger partial charge >= 0.3 is 6.03 Å². The molecule has 2 atom stereocenters. The number of halogens is 1. The largest absolute Gasteiger partial charge is 0.396 e. The summed E-state index contributed by atoms with van der Waals surface area (Å²) in [6.07, 6.45) is 2.23. The number of carbonyl (C=O) groups is 1. The zero-order chi connectivity index (χ0) is 15.1. The number of rotatable bonds is 6. The van der Waals surface area contributed by atoms with Crippen LogP contribution in [-0.2, 0) is 4.74 Å². The van der Waals surface area contributed by atoms with Gasteiger partial charge in [-0.15, -0.1) is 0 Å². The van der Waals surface area contributed by atoms with Gasteiger partial charge in [-0.05, 0) is 37.0 Å². The molecule has 116 valence electrons. The van der Waals surface area contributed by atoms with Crippen LogP contribution < -0.4 is 10.6 Å². The molecule has 6 heteroatoms. The fourth-order valence-corrected chi connectivity index (χ4v) is 2.40. The Labute approximate surface area is 123 Å². The van der Waals surface area contributed by atoms with Crippen LogP contribution in [0, 0.1) is 5.82 Å². The van der Waals surface area contributed by atoms with Gasteiger partial charge in [0.1, 0.15) is 5.82 Å². The topological polar surface area (TPSA) is 70.6 Å². The van der Waals surface area contributed by atoms with Crippen molar-refractivity contribution in [2.24, 2.45) is 0 Å². The quantitative estimate of drug-likeness (QED) is 0.700. The summed E-state index contributed by atoms with van der Waals surface area (Å²) in [5, 5.41) is 14.3. The van der Waals surface area contributed by atoms with Crippen LogP contribution in [0.4, 0.5) is 9.18 Å². The van der Waals surface area contributed by atoms with Crippen LogP contribution in [0.15, 0.2) is 24.3 Å². The number of hydrogen-bond acceptors (Lipinski definition) is 3. The summed E-state index contributed by atoms with van der Waals surface area (Å²) in [5.74, 6) is -0.308. The Morgan fingerprint density at radius 2 is 2.19 bits per heavy atom. The Hall–Kier alpha value is -1.66. The molecule has 2 amide bonds. The second kappa shape index (κ2) is 7.95. The number of hydrogen-bond donors (Lipinski definition) is 3. The lowest BCUT2D eigenvalue weighted by molar-refractivity contribution is 0.0807. The molecule has 3 N–H and O–H groups in total. The van der Waals surface area contributed by atoms with Crippen LogP contribution >= 0.6 is 0 Å². The number of amides is 2. The molecule has 21 heavy (non-hydrogen) atoms. The van der Waals surface area contributed by atoms with Crippen LogP contribution in [0.3, 0.4) is 0 Å². The van der Waals surface area contributed by atoms with Crippen molar-refractivity contribution in [3.63, 3.8) is 0 Å². The van der Waals surface area contributed by atoms with Gasteiger partial charge < -0.3 is 20.5 Å². The normalized spacial score (nSPS) is 19.2. The smallest absolute Gasteiger partial charge is 0.315 e. The summed E-state index contributed by atoms with van der Waals surface area (Å²) < 4.78 is 18.7. The van der Waals surface area contributed by atoms with Gasteiger partial charge in [0.25, 0.3) is 0 Å². The van der Waals surface area contributed by atoms with Gasteiger partial charge in [-0.3, -0.25) is 0 Å². The molecule has 1 aliphatic heterocycles. The fraction of sp³-hybridized carbons (Fsp3) is 0.533. The highest BCUT2D eigenvalue weighted by atomic mass is 19.1. The summed E-state index contributed by atoms with van der Waals surface area (Å²) in [4.78, 5) is 11.9. The molecule has 2 rings (SSSR count). The maximum Gasteiger partial charge on any atom is 0.315 e. The molecule has 1 heterocycles. The monoisotopic (exact) mass is 296 g/mol. The Morgan fingerprint density at radius 3 is 2.81 bits per heavy atom. The van der Waals surface area contributed by atoms with E-state index in [1.54, 1.807) is 12.1 Å². The Morgan fingerprint density at radius 1 is 1.43 bits per heavy atom. The van der Waals surface area contributed by atoms with Gasteiger partial charge in [0.2, 0.25) is 0 Å². The van der Waals surface area contributed by atoms with E-state index in [4.69, 9.17) is 9.84 Å². The molecule has 1 aliphatic rings. The Bertz CT molecular complexity index is 447. The first-order valence-electron chi connectivity index (χ1n) is 7.23. The van der Waals surface area contributed by atoms with Crippen LogP contribution in [-0.4, -0.2) is 37.0 Å². The number of carbonyl (C=O) groups excluding carboxylic acids is 1. The van der Waals surface area contributed by atoms with Crippen molar-refractivity contribution in [2.45, 2.75) is 31.4 Å². The highest BCUT2D eigenvalue weighted by Crippen LogP contribution is 2.27.